The van der Waals surface area contributed by atoms with E-state index in [4.69, 9.17) is 5.11 Å². The zero-order valence-corrected chi connectivity index (χ0v) is 8.42. The Balaban J connectivity index is 2.38. The van der Waals surface area contributed by atoms with Crippen LogP contribution in [0.25, 0.3) is 6.08 Å². The van der Waals surface area contributed by atoms with E-state index in [1.54, 1.807) is 18.0 Å². The summed E-state index contributed by atoms with van der Waals surface area (Å²) >= 11 is 0. The van der Waals surface area contributed by atoms with E-state index in [0.29, 0.717) is 6.54 Å². The van der Waals surface area contributed by atoms with E-state index in [9.17, 15) is 4.79 Å². The number of nitrogens with zero attached hydrogens (tertiary/aromatic N) is 2. The molecule has 0 aromatic carbocycles. The number of carboxylic acid groups (broad SMARTS) is 1. The standard InChI is InChI=1S/C11H12N2O2/c1-8(11(14)15)13-7-3-5-9-4-2-6-12-10(9)13/h2-6,8H,7H2,1H3,(H,14,15). The monoisotopic (exact) mass is 204 g/mol. The molecule has 0 radical (unpaired) electrons. The highest BCUT2D eigenvalue weighted by Gasteiger charge is 2.24. The minimum Gasteiger partial charge on any atom is -0.480 e. The van der Waals surface area contributed by atoms with Gasteiger partial charge in [-0.2, -0.15) is 0 Å². The Morgan fingerprint density at radius 2 is 2.47 bits per heavy atom. The molecular formula is C11H12N2O2. The lowest BCUT2D eigenvalue weighted by Gasteiger charge is -2.29. The highest BCUT2D eigenvalue weighted by molar-refractivity contribution is 5.80. The molecule has 0 bridgehead atoms. The van der Waals surface area contributed by atoms with E-state index in [1.165, 1.54) is 0 Å². The Kier molecular flexibility index (Phi) is 2.41. The Hall–Kier alpha value is -1.84. The fourth-order valence-electron chi connectivity index (χ4n) is 1.63. The second-order valence-electron chi connectivity index (χ2n) is 3.49. The molecule has 0 spiro atoms. The summed E-state index contributed by atoms with van der Waals surface area (Å²) in [4.78, 5) is 16.9. The number of rotatable bonds is 2. The molecule has 1 aromatic heterocycles. The van der Waals surface area contributed by atoms with E-state index < -0.39 is 12.0 Å². The van der Waals surface area contributed by atoms with Gasteiger partial charge < -0.3 is 10.0 Å². The van der Waals surface area contributed by atoms with Crippen LogP contribution in [0.3, 0.4) is 0 Å². The van der Waals surface area contributed by atoms with Crippen molar-refractivity contribution < 1.29 is 9.90 Å². The van der Waals surface area contributed by atoms with Crippen molar-refractivity contribution in [2.45, 2.75) is 13.0 Å². The topological polar surface area (TPSA) is 53.4 Å². The third kappa shape index (κ3) is 1.70. The summed E-state index contributed by atoms with van der Waals surface area (Å²) in [6, 6.07) is 3.22. The van der Waals surface area contributed by atoms with Gasteiger partial charge in [0.25, 0.3) is 0 Å². The van der Waals surface area contributed by atoms with Crippen molar-refractivity contribution in [2.75, 3.05) is 11.4 Å². The molecule has 0 saturated heterocycles. The molecule has 1 aromatic rings. The highest BCUT2D eigenvalue weighted by Crippen LogP contribution is 2.24. The summed E-state index contributed by atoms with van der Waals surface area (Å²) < 4.78 is 0. The van der Waals surface area contributed by atoms with Gasteiger partial charge in [-0.3, -0.25) is 0 Å². The SMILES string of the molecule is CC(C(=O)O)N1CC=Cc2cccnc21. The molecule has 4 heteroatoms. The summed E-state index contributed by atoms with van der Waals surface area (Å²) in [6.45, 7) is 2.26. The fraction of sp³-hybridized carbons (Fsp3) is 0.273. The van der Waals surface area contributed by atoms with Crippen LogP contribution in [0.2, 0.25) is 0 Å². The average Bonchev–Trinajstić information content (AvgIpc) is 2.27. The maximum absolute atomic E-state index is 10.9. The lowest BCUT2D eigenvalue weighted by molar-refractivity contribution is -0.138. The summed E-state index contributed by atoms with van der Waals surface area (Å²) in [7, 11) is 0. The molecule has 0 fully saturated rings. The van der Waals surface area contributed by atoms with Crippen molar-refractivity contribution in [3.63, 3.8) is 0 Å². The third-order valence-electron chi connectivity index (χ3n) is 2.51. The van der Waals surface area contributed by atoms with E-state index in [1.807, 2.05) is 24.3 Å². The van der Waals surface area contributed by atoms with Crippen LogP contribution in [0.5, 0.6) is 0 Å². The summed E-state index contributed by atoms with van der Waals surface area (Å²) in [5.41, 5.74) is 0.969. The number of aliphatic carboxylic acids is 1. The Labute approximate surface area is 87.9 Å². The molecule has 0 saturated carbocycles. The Morgan fingerprint density at radius 1 is 1.67 bits per heavy atom. The molecule has 1 unspecified atom stereocenters. The molecule has 0 aliphatic carbocycles. The first-order valence-corrected chi connectivity index (χ1v) is 4.81. The van der Waals surface area contributed by atoms with Crippen LogP contribution in [0.4, 0.5) is 5.82 Å². The number of carbonyl (C=O) groups is 1. The molecule has 4 nitrogen and oxygen atoms in total. The number of hydrogen-bond donors (Lipinski definition) is 1. The first kappa shape index (κ1) is 9.71. The largest absolute Gasteiger partial charge is 0.480 e. The first-order valence-electron chi connectivity index (χ1n) is 4.81. The van der Waals surface area contributed by atoms with E-state index >= 15 is 0 Å². The number of fused-ring (bicyclic) bond motifs is 1. The van der Waals surface area contributed by atoms with Crippen LogP contribution in [-0.4, -0.2) is 28.6 Å². The van der Waals surface area contributed by atoms with Crippen molar-refractivity contribution in [3.8, 4) is 0 Å². The van der Waals surface area contributed by atoms with Crippen molar-refractivity contribution in [1.29, 1.82) is 0 Å². The molecule has 2 heterocycles. The fourth-order valence-corrected chi connectivity index (χ4v) is 1.63. The Bertz CT molecular complexity index is 415. The summed E-state index contributed by atoms with van der Waals surface area (Å²) in [5, 5.41) is 8.97. The molecular weight excluding hydrogens is 192 g/mol. The van der Waals surface area contributed by atoms with Gasteiger partial charge in [-0.15, -0.1) is 0 Å². The van der Waals surface area contributed by atoms with E-state index in [0.717, 1.165) is 11.4 Å². The summed E-state index contributed by atoms with van der Waals surface area (Å²) in [6.07, 6.45) is 5.59. The molecule has 2 rings (SSSR count). The van der Waals surface area contributed by atoms with Crippen LogP contribution < -0.4 is 4.90 Å². The highest BCUT2D eigenvalue weighted by atomic mass is 16.4. The maximum Gasteiger partial charge on any atom is 0.326 e. The van der Waals surface area contributed by atoms with Crippen LogP contribution >= 0.6 is 0 Å². The van der Waals surface area contributed by atoms with Gasteiger partial charge in [0.05, 0.1) is 0 Å². The predicted molar refractivity (Wildman–Crippen MR) is 57.7 cm³/mol. The average molecular weight is 204 g/mol. The van der Waals surface area contributed by atoms with Gasteiger partial charge in [-0.1, -0.05) is 12.2 Å². The van der Waals surface area contributed by atoms with E-state index in [-0.39, 0.29) is 0 Å². The minimum absolute atomic E-state index is 0.552. The number of anilines is 1. The maximum atomic E-state index is 10.9. The zero-order valence-electron chi connectivity index (χ0n) is 8.42. The first-order chi connectivity index (χ1) is 7.20. The molecule has 15 heavy (non-hydrogen) atoms. The normalized spacial score (nSPS) is 15.9. The number of hydrogen-bond acceptors (Lipinski definition) is 3. The quantitative estimate of drug-likeness (QED) is 0.790. The lowest BCUT2D eigenvalue weighted by atomic mass is 10.1. The van der Waals surface area contributed by atoms with Crippen molar-refractivity contribution in [2.24, 2.45) is 0 Å². The molecule has 0 amide bonds. The second kappa shape index (κ2) is 3.73. The van der Waals surface area contributed by atoms with E-state index in [2.05, 4.69) is 4.98 Å². The number of aromatic nitrogens is 1. The molecule has 78 valence electrons. The molecule has 1 aliphatic rings. The van der Waals surface area contributed by atoms with Crippen LogP contribution in [0.1, 0.15) is 12.5 Å². The minimum atomic E-state index is -0.832. The zero-order chi connectivity index (χ0) is 10.8. The Morgan fingerprint density at radius 3 is 3.20 bits per heavy atom. The van der Waals surface area contributed by atoms with Crippen molar-refractivity contribution >= 4 is 17.9 Å². The molecule has 1 N–H and O–H groups in total. The van der Waals surface area contributed by atoms with Gasteiger partial charge >= 0.3 is 5.97 Å². The van der Waals surface area contributed by atoms with Crippen molar-refractivity contribution in [3.05, 3.63) is 30.0 Å². The van der Waals surface area contributed by atoms with Crippen LogP contribution in [-0.2, 0) is 4.79 Å². The van der Waals surface area contributed by atoms with Crippen LogP contribution in [0, 0.1) is 0 Å². The van der Waals surface area contributed by atoms with Gasteiger partial charge in [-0.05, 0) is 19.1 Å². The summed E-state index contributed by atoms with van der Waals surface area (Å²) in [5.74, 6) is -0.0863. The van der Waals surface area contributed by atoms with Gasteiger partial charge in [0.2, 0.25) is 0 Å². The smallest absolute Gasteiger partial charge is 0.326 e. The van der Waals surface area contributed by atoms with Gasteiger partial charge in [0.1, 0.15) is 11.9 Å². The second-order valence-corrected chi connectivity index (χ2v) is 3.49. The molecule has 1 aliphatic heterocycles. The number of carboxylic acids is 1. The van der Waals surface area contributed by atoms with Crippen molar-refractivity contribution in [1.82, 2.24) is 4.98 Å². The van der Waals surface area contributed by atoms with Gasteiger partial charge in [0, 0.05) is 18.3 Å². The predicted octanol–water partition coefficient (Wildman–Crippen LogP) is 1.39. The third-order valence-corrected chi connectivity index (χ3v) is 2.51. The van der Waals surface area contributed by atoms with Crippen LogP contribution in [0.15, 0.2) is 24.4 Å². The van der Waals surface area contributed by atoms with Gasteiger partial charge in [-0.25, -0.2) is 9.78 Å². The van der Waals surface area contributed by atoms with Gasteiger partial charge in [0.15, 0.2) is 0 Å². The number of pyridine rings is 1. The lowest BCUT2D eigenvalue weighted by Crippen LogP contribution is -2.41. The molecule has 1 atom stereocenters.